The lowest BCUT2D eigenvalue weighted by Gasteiger charge is -2.12. The Morgan fingerprint density at radius 2 is 2.15 bits per heavy atom. The van der Waals surface area contributed by atoms with Crippen molar-refractivity contribution >= 4 is 40.3 Å². The summed E-state index contributed by atoms with van der Waals surface area (Å²) in [6.45, 7) is 5.76. The van der Waals surface area contributed by atoms with Gasteiger partial charge in [0.25, 0.3) is 0 Å². The molecular formula is C13H16Cl2N4O. The minimum atomic E-state index is -0.324. The number of hydrogen-bond acceptors (Lipinski definition) is 3. The lowest BCUT2D eigenvalue weighted by Crippen LogP contribution is -2.33. The van der Waals surface area contributed by atoms with Gasteiger partial charge in [-0.1, -0.05) is 11.6 Å². The van der Waals surface area contributed by atoms with Crippen LogP contribution >= 0.6 is 23.2 Å². The lowest BCUT2D eigenvalue weighted by molar-refractivity contribution is -0.122. The summed E-state index contributed by atoms with van der Waals surface area (Å²) in [7, 11) is 0. The molecule has 0 saturated heterocycles. The van der Waals surface area contributed by atoms with Gasteiger partial charge in [0.2, 0.25) is 5.91 Å². The van der Waals surface area contributed by atoms with Crippen LogP contribution in [0.2, 0.25) is 5.02 Å². The number of hydrogen-bond donors (Lipinski definition) is 1. The largest absolute Gasteiger partial charge is 0.352 e. The first-order chi connectivity index (χ1) is 9.38. The predicted octanol–water partition coefficient (Wildman–Crippen LogP) is 2.91. The summed E-state index contributed by atoms with van der Waals surface area (Å²) in [5.41, 5.74) is 1.24. The molecule has 0 saturated carbocycles. The van der Waals surface area contributed by atoms with Crippen LogP contribution in [-0.2, 0) is 11.3 Å². The van der Waals surface area contributed by atoms with Crippen molar-refractivity contribution in [1.82, 2.24) is 19.9 Å². The van der Waals surface area contributed by atoms with E-state index in [1.54, 1.807) is 17.6 Å². The van der Waals surface area contributed by atoms with Gasteiger partial charge < -0.3 is 9.88 Å². The molecule has 1 unspecified atom stereocenters. The first-order valence-electron chi connectivity index (χ1n) is 6.33. The van der Waals surface area contributed by atoms with Gasteiger partial charge in [-0.25, -0.2) is 9.97 Å². The molecule has 0 aliphatic heterocycles. The molecule has 0 aliphatic carbocycles. The first kappa shape index (κ1) is 15.1. The van der Waals surface area contributed by atoms with Crippen molar-refractivity contribution in [2.24, 2.45) is 0 Å². The Hall–Kier alpha value is -1.33. The smallest absolute Gasteiger partial charge is 0.240 e. The third-order valence-electron chi connectivity index (χ3n) is 2.69. The highest BCUT2D eigenvalue weighted by Gasteiger charge is 2.18. The standard InChI is InChI=1S/C13H16Cl2N4O/c1-7(2)17-11(20)6-19-12(8(3)14)18-10-4-9(15)5-16-13(10)19/h4-5,7-8H,6H2,1-3H3,(H,17,20). The van der Waals surface area contributed by atoms with E-state index in [4.69, 9.17) is 23.2 Å². The number of fused-ring (bicyclic) bond motifs is 1. The molecule has 2 heterocycles. The molecule has 0 aromatic carbocycles. The van der Waals surface area contributed by atoms with Crippen molar-refractivity contribution < 1.29 is 4.79 Å². The van der Waals surface area contributed by atoms with E-state index in [1.165, 1.54) is 6.20 Å². The summed E-state index contributed by atoms with van der Waals surface area (Å²) in [4.78, 5) is 20.6. The molecule has 1 N–H and O–H groups in total. The van der Waals surface area contributed by atoms with Crippen LogP contribution in [0.25, 0.3) is 11.2 Å². The summed E-state index contributed by atoms with van der Waals surface area (Å²) in [5.74, 6) is 0.505. The fourth-order valence-corrected chi connectivity index (χ4v) is 2.29. The molecule has 1 amide bonds. The van der Waals surface area contributed by atoms with Crippen molar-refractivity contribution in [3.8, 4) is 0 Å². The van der Waals surface area contributed by atoms with Gasteiger partial charge in [0, 0.05) is 12.2 Å². The molecule has 0 bridgehead atoms. The SMILES string of the molecule is CC(C)NC(=O)Cn1c(C(C)Cl)nc2cc(Cl)cnc21. The Morgan fingerprint density at radius 3 is 2.75 bits per heavy atom. The number of carbonyl (C=O) groups excluding carboxylic acids is 1. The Morgan fingerprint density at radius 1 is 1.45 bits per heavy atom. The van der Waals surface area contributed by atoms with E-state index >= 15 is 0 Å². The zero-order chi connectivity index (χ0) is 14.9. The molecule has 20 heavy (non-hydrogen) atoms. The van der Waals surface area contributed by atoms with Crippen LogP contribution in [0.5, 0.6) is 0 Å². The Kier molecular flexibility index (Phi) is 4.50. The Labute approximate surface area is 127 Å². The number of alkyl halides is 1. The fraction of sp³-hybridized carbons (Fsp3) is 0.462. The minimum Gasteiger partial charge on any atom is -0.352 e. The van der Waals surface area contributed by atoms with Crippen LogP contribution in [0.3, 0.4) is 0 Å². The van der Waals surface area contributed by atoms with Crippen molar-refractivity contribution in [3.63, 3.8) is 0 Å². The van der Waals surface area contributed by atoms with Crippen LogP contribution in [0.4, 0.5) is 0 Å². The maximum Gasteiger partial charge on any atom is 0.240 e. The molecule has 108 valence electrons. The summed E-state index contributed by atoms with van der Waals surface area (Å²) in [5, 5.41) is 3.02. The normalized spacial score (nSPS) is 12.9. The molecule has 2 rings (SSSR count). The number of carbonyl (C=O) groups is 1. The van der Waals surface area contributed by atoms with Crippen molar-refractivity contribution in [2.45, 2.75) is 38.7 Å². The Balaban J connectivity index is 2.43. The summed E-state index contributed by atoms with van der Waals surface area (Å²) in [6.07, 6.45) is 1.53. The molecular weight excluding hydrogens is 299 g/mol. The molecule has 7 heteroatoms. The maximum absolute atomic E-state index is 11.9. The van der Waals surface area contributed by atoms with Crippen LogP contribution in [-0.4, -0.2) is 26.5 Å². The molecule has 0 spiro atoms. The number of rotatable bonds is 4. The number of aromatic nitrogens is 3. The maximum atomic E-state index is 11.9. The number of amides is 1. The van der Waals surface area contributed by atoms with Gasteiger partial charge in [-0.3, -0.25) is 4.79 Å². The number of pyridine rings is 1. The molecule has 2 aromatic rings. The van der Waals surface area contributed by atoms with Crippen molar-refractivity contribution in [2.75, 3.05) is 0 Å². The van der Waals surface area contributed by atoms with Crippen LogP contribution in [0.1, 0.15) is 32.0 Å². The van der Waals surface area contributed by atoms with E-state index in [9.17, 15) is 4.79 Å². The molecule has 0 radical (unpaired) electrons. The van der Waals surface area contributed by atoms with Gasteiger partial charge in [-0.2, -0.15) is 0 Å². The zero-order valence-electron chi connectivity index (χ0n) is 11.5. The minimum absolute atomic E-state index is 0.0802. The number of nitrogens with zero attached hydrogens (tertiary/aromatic N) is 3. The van der Waals surface area contributed by atoms with E-state index in [-0.39, 0.29) is 23.9 Å². The molecule has 0 aliphatic rings. The topological polar surface area (TPSA) is 59.8 Å². The predicted molar refractivity (Wildman–Crippen MR) is 80.1 cm³/mol. The molecule has 2 aromatic heterocycles. The van der Waals surface area contributed by atoms with E-state index in [2.05, 4.69) is 15.3 Å². The number of nitrogens with one attached hydrogen (secondary N) is 1. The van der Waals surface area contributed by atoms with Gasteiger partial charge in [0.1, 0.15) is 17.9 Å². The van der Waals surface area contributed by atoms with E-state index in [0.29, 0.717) is 22.0 Å². The number of imidazole rings is 1. The number of halogens is 2. The second-order valence-corrected chi connectivity index (χ2v) is 5.98. The molecule has 5 nitrogen and oxygen atoms in total. The summed E-state index contributed by atoms with van der Waals surface area (Å²) < 4.78 is 1.72. The monoisotopic (exact) mass is 314 g/mol. The highest BCUT2D eigenvalue weighted by atomic mass is 35.5. The van der Waals surface area contributed by atoms with Crippen LogP contribution in [0.15, 0.2) is 12.3 Å². The van der Waals surface area contributed by atoms with Gasteiger partial charge in [-0.05, 0) is 26.8 Å². The molecule has 0 fully saturated rings. The van der Waals surface area contributed by atoms with Gasteiger partial charge >= 0.3 is 0 Å². The van der Waals surface area contributed by atoms with Gasteiger partial charge in [0.15, 0.2) is 5.65 Å². The highest BCUT2D eigenvalue weighted by molar-refractivity contribution is 6.31. The molecule has 1 atom stereocenters. The first-order valence-corrected chi connectivity index (χ1v) is 7.15. The van der Waals surface area contributed by atoms with Crippen LogP contribution < -0.4 is 5.32 Å². The van der Waals surface area contributed by atoms with E-state index < -0.39 is 0 Å². The average molecular weight is 315 g/mol. The van der Waals surface area contributed by atoms with E-state index in [1.807, 2.05) is 13.8 Å². The third-order valence-corrected chi connectivity index (χ3v) is 3.09. The summed E-state index contributed by atoms with van der Waals surface area (Å²) >= 11 is 12.0. The lowest BCUT2D eigenvalue weighted by atomic mass is 10.3. The van der Waals surface area contributed by atoms with Crippen LogP contribution in [0, 0.1) is 0 Å². The van der Waals surface area contributed by atoms with Crippen molar-refractivity contribution in [1.29, 1.82) is 0 Å². The summed E-state index contributed by atoms with van der Waals surface area (Å²) in [6, 6.07) is 1.79. The fourth-order valence-electron chi connectivity index (χ4n) is 1.97. The van der Waals surface area contributed by atoms with Gasteiger partial charge in [0.05, 0.1) is 10.4 Å². The zero-order valence-corrected chi connectivity index (χ0v) is 13.0. The second kappa shape index (κ2) is 5.97. The second-order valence-electron chi connectivity index (χ2n) is 4.89. The highest BCUT2D eigenvalue weighted by Crippen LogP contribution is 2.24. The van der Waals surface area contributed by atoms with Crippen molar-refractivity contribution in [3.05, 3.63) is 23.1 Å². The van der Waals surface area contributed by atoms with Gasteiger partial charge in [-0.15, -0.1) is 11.6 Å². The Bertz CT molecular complexity index is 637. The average Bonchev–Trinajstić information content (AvgIpc) is 2.66. The van der Waals surface area contributed by atoms with E-state index in [0.717, 1.165) is 0 Å². The third kappa shape index (κ3) is 3.22. The quantitative estimate of drug-likeness (QED) is 0.883.